The molecule has 1 heterocycles. The van der Waals surface area contributed by atoms with Gasteiger partial charge in [-0.3, -0.25) is 0 Å². The predicted molar refractivity (Wildman–Crippen MR) is 51.1 cm³/mol. The molecule has 2 rings (SSSR count). The van der Waals surface area contributed by atoms with Crippen molar-refractivity contribution in [2.45, 2.75) is 0 Å². The van der Waals surface area contributed by atoms with Crippen LogP contribution in [0, 0.1) is 0 Å². The van der Waals surface area contributed by atoms with Crippen molar-refractivity contribution in [3.63, 3.8) is 0 Å². The second-order valence-corrected chi connectivity index (χ2v) is 3.12. The zero-order chi connectivity index (χ0) is 9.42. The molecule has 3 nitrogen and oxygen atoms in total. The van der Waals surface area contributed by atoms with Crippen molar-refractivity contribution in [1.29, 1.82) is 0 Å². The maximum atomic E-state index is 9.42. The Morgan fingerprint density at radius 1 is 1.38 bits per heavy atom. The van der Waals surface area contributed by atoms with Gasteiger partial charge >= 0.3 is 0 Å². The van der Waals surface area contributed by atoms with E-state index in [-0.39, 0.29) is 5.88 Å². The number of aromatic hydroxyl groups is 1. The highest BCUT2D eigenvalue weighted by molar-refractivity contribution is 6.31. The summed E-state index contributed by atoms with van der Waals surface area (Å²) in [6, 6.07) is 6.91. The number of hydrogen-bond acceptors (Lipinski definition) is 2. The van der Waals surface area contributed by atoms with Crippen LogP contribution in [-0.4, -0.2) is 16.9 Å². The summed E-state index contributed by atoms with van der Waals surface area (Å²) in [6.45, 7) is 0. The normalized spacial score (nSPS) is 10.6. The molecule has 0 aliphatic carbocycles. The number of benzene rings is 1. The highest BCUT2D eigenvalue weighted by atomic mass is 35.5. The van der Waals surface area contributed by atoms with Gasteiger partial charge in [0, 0.05) is 16.5 Å². The molecule has 68 valence electrons. The summed E-state index contributed by atoms with van der Waals surface area (Å²) in [6.07, 6.45) is 0. The van der Waals surface area contributed by atoms with Crippen molar-refractivity contribution < 1.29 is 9.94 Å². The largest absolute Gasteiger partial charge is 0.492 e. The van der Waals surface area contributed by atoms with Crippen LogP contribution in [0.25, 0.3) is 10.9 Å². The molecule has 2 aromatic rings. The van der Waals surface area contributed by atoms with Gasteiger partial charge in [-0.25, -0.2) is 0 Å². The van der Waals surface area contributed by atoms with Crippen LogP contribution in [0.3, 0.4) is 0 Å². The van der Waals surface area contributed by atoms with E-state index in [1.807, 2.05) is 0 Å². The van der Waals surface area contributed by atoms with Crippen molar-refractivity contribution in [3.8, 4) is 5.88 Å². The molecule has 4 heteroatoms. The average molecular weight is 198 g/mol. The minimum atomic E-state index is 0.0692. The van der Waals surface area contributed by atoms with Gasteiger partial charge in [0.25, 0.3) is 0 Å². The van der Waals surface area contributed by atoms with E-state index in [0.29, 0.717) is 5.02 Å². The summed E-state index contributed by atoms with van der Waals surface area (Å²) in [5.74, 6) is 0.0692. The molecule has 0 aliphatic rings. The summed E-state index contributed by atoms with van der Waals surface area (Å²) in [5.41, 5.74) is 0.796. The van der Waals surface area contributed by atoms with Gasteiger partial charge < -0.3 is 9.94 Å². The Morgan fingerprint density at radius 2 is 2.15 bits per heavy atom. The van der Waals surface area contributed by atoms with E-state index in [2.05, 4.69) is 0 Å². The maximum absolute atomic E-state index is 9.42. The lowest BCUT2D eigenvalue weighted by atomic mass is 10.2. The number of hydrogen-bond donors (Lipinski definition) is 1. The van der Waals surface area contributed by atoms with Crippen LogP contribution in [0.5, 0.6) is 5.88 Å². The molecule has 1 aromatic heterocycles. The van der Waals surface area contributed by atoms with E-state index in [1.54, 1.807) is 24.3 Å². The molecule has 0 aliphatic heterocycles. The molecule has 0 saturated carbocycles. The fourth-order valence-corrected chi connectivity index (χ4v) is 1.52. The zero-order valence-electron chi connectivity index (χ0n) is 6.99. The molecule has 0 atom stereocenters. The number of nitrogens with zero attached hydrogens (tertiary/aromatic N) is 1. The molecule has 1 N–H and O–H groups in total. The molecule has 0 bridgehead atoms. The van der Waals surface area contributed by atoms with E-state index < -0.39 is 0 Å². The zero-order valence-corrected chi connectivity index (χ0v) is 7.75. The van der Waals surface area contributed by atoms with E-state index in [4.69, 9.17) is 16.4 Å². The van der Waals surface area contributed by atoms with Crippen LogP contribution < -0.4 is 4.84 Å². The lowest BCUT2D eigenvalue weighted by Gasteiger charge is -2.02. The average Bonchev–Trinajstić information content (AvgIpc) is 2.39. The van der Waals surface area contributed by atoms with Crippen LogP contribution in [0.2, 0.25) is 5.02 Å². The molecule has 1 aromatic carbocycles. The van der Waals surface area contributed by atoms with Gasteiger partial charge in [-0.05, 0) is 18.2 Å². The third kappa shape index (κ3) is 1.21. The minimum absolute atomic E-state index is 0.0692. The predicted octanol–water partition coefficient (Wildman–Crippen LogP) is 2.06. The Kier molecular flexibility index (Phi) is 1.81. The van der Waals surface area contributed by atoms with Crippen molar-refractivity contribution in [3.05, 3.63) is 29.3 Å². The molecule has 0 unspecified atom stereocenters. The SMILES string of the molecule is COn1c(O)cc2cc(Cl)ccc21. The van der Waals surface area contributed by atoms with Gasteiger partial charge in [-0.15, -0.1) is 4.73 Å². The first-order valence-electron chi connectivity index (χ1n) is 3.77. The Morgan fingerprint density at radius 3 is 2.85 bits per heavy atom. The van der Waals surface area contributed by atoms with Crippen molar-refractivity contribution in [1.82, 2.24) is 4.73 Å². The molecular weight excluding hydrogens is 190 g/mol. The van der Waals surface area contributed by atoms with Crippen LogP contribution >= 0.6 is 11.6 Å². The van der Waals surface area contributed by atoms with E-state index in [1.165, 1.54) is 11.8 Å². The lowest BCUT2D eigenvalue weighted by Crippen LogP contribution is -2.03. The number of halogens is 1. The number of aromatic nitrogens is 1. The monoisotopic (exact) mass is 197 g/mol. The van der Waals surface area contributed by atoms with Crippen molar-refractivity contribution in [2.75, 3.05) is 7.11 Å². The minimum Gasteiger partial charge on any atom is -0.492 e. The number of fused-ring (bicyclic) bond motifs is 1. The summed E-state index contributed by atoms with van der Waals surface area (Å²) in [5, 5.41) is 10.9. The standard InChI is InChI=1S/C9H8ClNO2/c1-13-11-8-3-2-7(10)4-6(8)5-9(11)12/h2-5,12H,1H3. The third-order valence-corrected chi connectivity index (χ3v) is 2.12. The number of rotatable bonds is 1. The first kappa shape index (κ1) is 8.26. The summed E-state index contributed by atoms with van der Waals surface area (Å²) >= 11 is 5.79. The van der Waals surface area contributed by atoms with Crippen LogP contribution in [-0.2, 0) is 0 Å². The van der Waals surface area contributed by atoms with Crippen molar-refractivity contribution >= 4 is 22.5 Å². The fourth-order valence-electron chi connectivity index (χ4n) is 1.34. The van der Waals surface area contributed by atoms with Crippen LogP contribution in [0.1, 0.15) is 0 Å². The van der Waals surface area contributed by atoms with Gasteiger partial charge in [0.1, 0.15) is 7.11 Å². The van der Waals surface area contributed by atoms with Crippen molar-refractivity contribution in [2.24, 2.45) is 0 Å². The summed E-state index contributed by atoms with van der Waals surface area (Å²) in [4.78, 5) is 4.96. The molecule has 13 heavy (non-hydrogen) atoms. The molecule has 0 fully saturated rings. The summed E-state index contributed by atoms with van der Waals surface area (Å²) in [7, 11) is 1.49. The second kappa shape index (κ2) is 2.85. The molecule has 0 saturated heterocycles. The van der Waals surface area contributed by atoms with E-state index in [9.17, 15) is 5.11 Å². The van der Waals surface area contributed by atoms with E-state index >= 15 is 0 Å². The quantitative estimate of drug-likeness (QED) is 0.760. The first-order chi connectivity index (χ1) is 6.22. The Balaban J connectivity index is 2.79. The Labute approximate surface area is 80.1 Å². The Hall–Kier alpha value is -1.35. The Bertz CT molecular complexity index is 450. The highest BCUT2D eigenvalue weighted by Gasteiger charge is 2.07. The maximum Gasteiger partial charge on any atom is 0.226 e. The fraction of sp³-hybridized carbons (Fsp3) is 0.111. The molecule has 0 radical (unpaired) electrons. The third-order valence-electron chi connectivity index (χ3n) is 1.88. The second-order valence-electron chi connectivity index (χ2n) is 2.68. The topological polar surface area (TPSA) is 34.4 Å². The van der Waals surface area contributed by atoms with Gasteiger partial charge in [-0.1, -0.05) is 11.6 Å². The van der Waals surface area contributed by atoms with Gasteiger partial charge in [0.15, 0.2) is 0 Å². The molecule has 0 amide bonds. The first-order valence-corrected chi connectivity index (χ1v) is 4.14. The van der Waals surface area contributed by atoms with Gasteiger partial charge in [0.05, 0.1) is 5.52 Å². The molecular formula is C9H8ClNO2. The summed E-state index contributed by atoms with van der Waals surface area (Å²) < 4.78 is 1.34. The van der Waals surface area contributed by atoms with Crippen LogP contribution in [0.4, 0.5) is 0 Å². The van der Waals surface area contributed by atoms with Gasteiger partial charge in [-0.2, -0.15) is 0 Å². The smallest absolute Gasteiger partial charge is 0.226 e. The van der Waals surface area contributed by atoms with E-state index in [0.717, 1.165) is 10.9 Å². The van der Waals surface area contributed by atoms with Gasteiger partial charge in [0.2, 0.25) is 5.88 Å². The lowest BCUT2D eigenvalue weighted by molar-refractivity contribution is 0.152. The highest BCUT2D eigenvalue weighted by Crippen LogP contribution is 2.25. The molecule has 0 spiro atoms. The van der Waals surface area contributed by atoms with Crippen LogP contribution in [0.15, 0.2) is 24.3 Å².